The average Bonchev–Trinajstić information content (AvgIpc) is 2.42. The summed E-state index contributed by atoms with van der Waals surface area (Å²) in [4.78, 5) is 25.5. The van der Waals surface area contributed by atoms with Gasteiger partial charge in [0.25, 0.3) is 11.6 Å². The molecule has 1 aromatic rings. The van der Waals surface area contributed by atoms with Crippen LogP contribution in [0.4, 0.5) is 5.69 Å². The predicted octanol–water partition coefficient (Wildman–Crippen LogP) is 2.19. The van der Waals surface area contributed by atoms with Crippen LogP contribution < -0.4 is 5.32 Å². The molecule has 0 bridgehead atoms. The van der Waals surface area contributed by atoms with Gasteiger partial charge in [-0.2, -0.15) is 0 Å². The highest BCUT2D eigenvalue weighted by Gasteiger charge is 2.16. The summed E-state index contributed by atoms with van der Waals surface area (Å²) < 4.78 is 4.91. The highest BCUT2D eigenvalue weighted by molar-refractivity contribution is 6.32. The molecule has 0 fully saturated rings. The molecule has 0 aliphatic heterocycles. The summed E-state index contributed by atoms with van der Waals surface area (Å²) in [6.07, 6.45) is 3.67. The van der Waals surface area contributed by atoms with E-state index in [1.807, 2.05) is 0 Å². The molecule has 1 aromatic heterocycles. The zero-order valence-electron chi connectivity index (χ0n) is 11.1. The van der Waals surface area contributed by atoms with E-state index in [1.165, 1.54) is 0 Å². The first-order chi connectivity index (χ1) is 9.56. The van der Waals surface area contributed by atoms with Gasteiger partial charge in [0, 0.05) is 26.3 Å². The Hall–Kier alpha value is -1.73. The Morgan fingerprint density at radius 3 is 2.90 bits per heavy atom. The lowest BCUT2D eigenvalue weighted by molar-refractivity contribution is -0.385. The first-order valence-corrected chi connectivity index (χ1v) is 6.51. The van der Waals surface area contributed by atoms with Crippen LogP contribution in [-0.2, 0) is 4.74 Å². The molecular weight excluding hydrogens is 286 g/mol. The molecule has 0 saturated carbocycles. The van der Waals surface area contributed by atoms with Gasteiger partial charge < -0.3 is 10.1 Å². The summed E-state index contributed by atoms with van der Waals surface area (Å²) in [5, 5.41) is 13.2. The van der Waals surface area contributed by atoms with Crippen molar-refractivity contribution in [2.24, 2.45) is 0 Å². The summed E-state index contributed by atoms with van der Waals surface area (Å²) in [5.74, 6) is -0.460. The van der Waals surface area contributed by atoms with E-state index in [9.17, 15) is 14.9 Å². The summed E-state index contributed by atoms with van der Waals surface area (Å²) in [6.45, 7) is 1.16. The third-order valence-corrected chi connectivity index (χ3v) is 2.89. The Bertz CT molecular complexity index is 482. The smallest absolute Gasteiger partial charge is 0.288 e. The zero-order chi connectivity index (χ0) is 15.0. The molecule has 8 heteroatoms. The largest absolute Gasteiger partial charge is 0.385 e. The molecule has 20 heavy (non-hydrogen) atoms. The molecule has 0 unspecified atom stereocenters. The lowest BCUT2D eigenvalue weighted by Gasteiger charge is -2.06. The van der Waals surface area contributed by atoms with Gasteiger partial charge in [-0.1, -0.05) is 11.6 Å². The molecule has 0 saturated heterocycles. The van der Waals surface area contributed by atoms with Crippen LogP contribution in [0, 0.1) is 10.1 Å². The van der Waals surface area contributed by atoms with Crippen LogP contribution in [0.1, 0.15) is 29.6 Å². The molecule has 0 aromatic carbocycles. The molecule has 110 valence electrons. The Kier molecular flexibility index (Phi) is 6.89. The zero-order valence-corrected chi connectivity index (χ0v) is 11.9. The monoisotopic (exact) mass is 301 g/mol. The Balaban J connectivity index is 2.50. The van der Waals surface area contributed by atoms with Gasteiger partial charge in [0.15, 0.2) is 0 Å². The fraction of sp³-hybridized carbons (Fsp3) is 0.500. The number of hydrogen-bond donors (Lipinski definition) is 1. The van der Waals surface area contributed by atoms with Crippen molar-refractivity contribution in [2.45, 2.75) is 19.3 Å². The fourth-order valence-electron chi connectivity index (χ4n) is 1.54. The maximum Gasteiger partial charge on any atom is 0.288 e. The second kappa shape index (κ2) is 8.44. The van der Waals surface area contributed by atoms with Gasteiger partial charge in [-0.3, -0.25) is 14.9 Å². The molecular formula is C12H16ClN3O4. The summed E-state index contributed by atoms with van der Waals surface area (Å²) in [6, 6.07) is 1.12. The Labute approximate surface area is 121 Å². The second-order valence-electron chi connectivity index (χ2n) is 4.10. The number of nitrogens with one attached hydrogen (secondary N) is 1. The van der Waals surface area contributed by atoms with Gasteiger partial charge in [-0.25, -0.2) is 4.98 Å². The summed E-state index contributed by atoms with van der Waals surface area (Å²) in [7, 11) is 1.64. The minimum absolute atomic E-state index is 0.0118. The number of carbonyl (C=O) groups is 1. The van der Waals surface area contributed by atoms with Gasteiger partial charge in [-0.05, 0) is 19.3 Å². The first-order valence-electron chi connectivity index (χ1n) is 6.13. The van der Waals surface area contributed by atoms with Crippen LogP contribution >= 0.6 is 11.6 Å². The minimum Gasteiger partial charge on any atom is -0.385 e. The molecule has 0 aliphatic rings. The van der Waals surface area contributed by atoms with Crippen LogP contribution in [0.2, 0.25) is 5.15 Å². The van der Waals surface area contributed by atoms with Gasteiger partial charge >= 0.3 is 0 Å². The van der Waals surface area contributed by atoms with Crippen LogP contribution in [-0.4, -0.2) is 36.1 Å². The number of rotatable bonds is 8. The molecule has 0 spiro atoms. The molecule has 0 radical (unpaired) electrons. The lowest BCUT2D eigenvalue weighted by atomic mass is 10.2. The predicted molar refractivity (Wildman–Crippen MR) is 74.0 cm³/mol. The number of methoxy groups -OCH3 is 1. The third kappa shape index (κ3) is 5.10. The maximum atomic E-state index is 11.8. The Morgan fingerprint density at radius 1 is 1.50 bits per heavy atom. The van der Waals surface area contributed by atoms with Crippen LogP contribution in [0.25, 0.3) is 0 Å². The molecule has 7 nitrogen and oxygen atoms in total. The number of nitrogens with zero attached hydrogens (tertiary/aromatic N) is 2. The van der Waals surface area contributed by atoms with E-state index in [0.29, 0.717) is 13.2 Å². The van der Waals surface area contributed by atoms with Gasteiger partial charge in [0.1, 0.15) is 11.3 Å². The van der Waals surface area contributed by atoms with Crippen molar-refractivity contribution < 1.29 is 14.5 Å². The minimum atomic E-state index is -0.620. The van der Waals surface area contributed by atoms with Gasteiger partial charge in [0.05, 0.1) is 10.5 Å². The van der Waals surface area contributed by atoms with Crippen molar-refractivity contribution in [2.75, 3.05) is 20.3 Å². The van der Waals surface area contributed by atoms with E-state index in [-0.39, 0.29) is 16.4 Å². The second-order valence-corrected chi connectivity index (χ2v) is 4.46. The van der Waals surface area contributed by atoms with Crippen molar-refractivity contribution in [1.29, 1.82) is 0 Å². The van der Waals surface area contributed by atoms with Crippen molar-refractivity contribution in [3.63, 3.8) is 0 Å². The third-order valence-electron chi connectivity index (χ3n) is 2.59. The summed E-state index contributed by atoms with van der Waals surface area (Å²) in [5.41, 5.74) is -0.252. The van der Waals surface area contributed by atoms with Crippen LogP contribution in [0.5, 0.6) is 0 Å². The Morgan fingerprint density at radius 2 is 2.25 bits per heavy atom. The fourth-order valence-corrected chi connectivity index (χ4v) is 1.73. The average molecular weight is 302 g/mol. The molecule has 0 aliphatic carbocycles. The van der Waals surface area contributed by atoms with Crippen LogP contribution in [0.3, 0.4) is 0 Å². The van der Waals surface area contributed by atoms with E-state index in [4.69, 9.17) is 16.3 Å². The lowest BCUT2D eigenvalue weighted by Crippen LogP contribution is -2.25. The topological polar surface area (TPSA) is 94.4 Å². The van der Waals surface area contributed by atoms with Gasteiger partial charge in [0.2, 0.25) is 0 Å². The number of aromatic nitrogens is 1. The molecule has 1 amide bonds. The van der Waals surface area contributed by atoms with E-state index in [1.54, 1.807) is 7.11 Å². The quantitative estimate of drug-likeness (QED) is 0.344. The number of hydrogen-bond acceptors (Lipinski definition) is 5. The van der Waals surface area contributed by atoms with E-state index in [2.05, 4.69) is 10.3 Å². The van der Waals surface area contributed by atoms with Crippen molar-refractivity contribution >= 4 is 23.2 Å². The normalized spacial score (nSPS) is 10.3. The molecule has 1 heterocycles. The SMILES string of the molecule is COCCCCCNC(=O)c1cc([N+](=O)[O-])cnc1Cl. The number of ether oxygens (including phenoxy) is 1. The number of amides is 1. The number of carbonyl (C=O) groups excluding carboxylic acids is 1. The van der Waals surface area contributed by atoms with Crippen molar-refractivity contribution in [3.05, 3.63) is 33.1 Å². The molecule has 0 atom stereocenters. The van der Waals surface area contributed by atoms with Crippen molar-refractivity contribution in [3.8, 4) is 0 Å². The van der Waals surface area contributed by atoms with E-state index in [0.717, 1.165) is 31.5 Å². The number of halogens is 1. The van der Waals surface area contributed by atoms with Crippen LogP contribution in [0.15, 0.2) is 12.3 Å². The molecule has 1 N–H and O–H groups in total. The first kappa shape index (κ1) is 16.3. The number of unbranched alkanes of at least 4 members (excludes halogenated alkanes) is 2. The van der Waals surface area contributed by atoms with E-state index < -0.39 is 10.8 Å². The van der Waals surface area contributed by atoms with Crippen molar-refractivity contribution in [1.82, 2.24) is 10.3 Å². The van der Waals surface area contributed by atoms with Gasteiger partial charge in [-0.15, -0.1) is 0 Å². The number of pyridine rings is 1. The highest BCUT2D eigenvalue weighted by atomic mass is 35.5. The van der Waals surface area contributed by atoms with E-state index >= 15 is 0 Å². The highest BCUT2D eigenvalue weighted by Crippen LogP contribution is 2.18. The molecule has 1 rings (SSSR count). The standard InChI is InChI=1S/C12H16ClN3O4/c1-20-6-4-2-3-5-14-12(17)10-7-9(16(18)19)8-15-11(10)13/h7-8H,2-6H2,1H3,(H,14,17). The summed E-state index contributed by atoms with van der Waals surface area (Å²) >= 11 is 5.77. The number of nitro groups is 1. The maximum absolute atomic E-state index is 11.8.